The van der Waals surface area contributed by atoms with E-state index in [2.05, 4.69) is 0 Å². The van der Waals surface area contributed by atoms with Crippen molar-refractivity contribution in [1.82, 2.24) is 0 Å². The highest BCUT2D eigenvalue weighted by Crippen LogP contribution is 2.27. The average molecular weight is 293 g/mol. The van der Waals surface area contributed by atoms with Crippen LogP contribution in [0.15, 0.2) is 34.7 Å². The number of nitrogens with two attached hydrogens (primary N) is 1. The zero-order valence-electron chi connectivity index (χ0n) is 11.0. The van der Waals surface area contributed by atoms with E-state index < -0.39 is 23.8 Å². The number of halogens is 1. The van der Waals surface area contributed by atoms with E-state index >= 15 is 0 Å². The third-order valence-corrected chi connectivity index (χ3v) is 2.76. The first kappa shape index (κ1) is 14.6. The summed E-state index contributed by atoms with van der Waals surface area (Å²) in [4.78, 5) is 22.0. The van der Waals surface area contributed by atoms with Gasteiger partial charge in [0.1, 0.15) is 22.9 Å². The molecule has 0 spiro atoms. The minimum atomic E-state index is -1.21. The lowest BCUT2D eigenvalue weighted by atomic mass is 10.1. The lowest BCUT2D eigenvalue weighted by Crippen LogP contribution is -2.16. The van der Waals surface area contributed by atoms with Crippen LogP contribution in [0.3, 0.4) is 0 Å². The molecule has 0 bridgehead atoms. The highest BCUT2D eigenvalue weighted by molar-refractivity contribution is 5.95. The van der Waals surface area contributed by atoms with Crippen molar-refractivity contribution in [3.63, 3.8) is 0 Å². The second-order valence-corrected chi connectivity index (χ2v) is 4.24. The van der Waals surface area contributed by atoms with E-state index in [0.29, 0.717) is 0 Å². The lowest BCUT2D eigenvalue weighted by molar-refractivity contribution is 0.0655. The number of rotatable bonds is 5. The van der Waals surface area contributed by atoms with E-state index in [1.54, 1.807) is 6.92 Å². The summed E-state index contributed by atoms with van der Waals surface area (Å²) in [7, 11) is 0. The normalized spacial score (nSPS) is 11.9. The summed E-state index contributed by atoms with van der Waals surface area (Å²) < 4.78 is 24.1. The Hall–Kier alpha value is -2.83. The average Bonchev–Trinajstić information content (AvgIpc) is 2.88. The summed E-state index contributed by atoms with van der Waals surface area (Å²) >= 11 is 0. The van der Waals surface area contributed by atoms with Crippen LogP contribution in [0.4, 0.5) is 4.39 Å². The number of carbonyl (C=O) groups excluding carboxylic acids is 1. The number of primary amides is 1. The lowest BCUT2D eigenvalue weighted by Gasteiger charge is -2.15. The van der Waals surface area contributed by atoms with Gasteiger partial charge in [0, 0.05) is 0 Å². The van der Waals surface area contributed by atoms with Crippen LogP contribution in [0, 0.1) is 5.82 Å². The molecule has 1 heterocycles. The fraction of sp³-hybridized carbons (Fsp3) is 0.143. The summed E-state index contributed by atoms with van der Waals surface area (Å²) in [5.41, 5.74) is 4.75. The number of ether oxygens (including phenoxy) is 1. The van der Waals surface area contributed by atoms with Gasteiger partial charge in [-0.15, -0.1) is 0 Å². The number of carboxylic acid groups (broad SMARTS) is 1. The maximum Gasteiger partial charge on any atom is 0.371 e. The molecular formula is C14H12FNO5. The number of carboxylic acids is 1. The number of aromatic carboxylic acids is 1. The van der Waals surface area contributed by atoms with E-state index in [1.807, 2.05) is 0 Å². The largest absolute Gasteiger partial charge is 0.482 e. The molecule has 0 aliphatic rings. The van der Waals surface area contributed by atoms with Crippen molar-refractivity contribution in [1.29, 1.82) is 0 Å². The van der Waals surface area contributed by atoms with Crippen molar-refractivity contribution < 1.29 is 28.2 Å². The standard InChI is InChI=1S/C14H12FNO5/c1-7(9-5-6-11(21-9)14(18)19)20-10-4-2-3-8(15)12(10)13(16)17/h2-7H,1H3,(H2,16,17)(H,18,19). The molecule has 0 saturated carbocycles. The van der Waals surface area contributed by atoms with Crippen LogP contribution < -0.4 is 10.5 Å². The third kappa shape index (κ3) is 3.02. The van der Waals surface area contributed by atoms with E-state index in [4.69, 9.17) is 20.0 Å². The van der Waals surface area contributed by atoms with Crippen LogP contribution in [0.5, 0.6) is 5.75 Å². The number of hydrogen-bond acceptors (Lipinski definition) is 4. The molecule has 6 nitrogen and oxygen atoms in total. The highest BCUT2D eigenvalue weighted by atomic mass is 19.1. The Morgan fingerprint density at radius 2 is 2.05 bits per heavy atom. The highest BCUT2D eigenvalue weighted by Gasteiger charge is 2.20. The summed E-state index contributed by atoms with van der Waals surface area (Å²) in [6.45, 7) is 1.57. The molecule has 0 aliphatic heterocycles. The van der Waals surface area contributed by atoms with Crippen molar-refractivity contribution in [2.45, 2.75) is 13.0 Å². The molecule has 7 heteroatoms. The molecule has 1 unspecified atom stereocenters. The second-order valence-electron chi connectivity index (χ2n) is 4.24. The van der Waals surface area contributed by atoms with Gasteiger partial charge in [-0.25, -0.2) is 9.18 Å². The molecule has 0 radical (unpaired) electrons. The van der Waals surface area contributed by atoms with Crippen LogP contribution in [-0.2, 0) is 0 Å². The van der Waals surface area contributed by atoms with Gasteiger partial charge >= 0.3 is 5.97 Å². The van der Waals surface area contributed by atoms with Crippen LogP contribution in [-0.4, -0.2) is 17.0 Å². The maximum absolute atomic E-state index is 13.6. The Morgan fingerprint density at radius 3 is 2.62 bits per heavy atom. The van der Waals surface area contributed by atoms with E-state index in [0.717, 1.165) is 6.07 Å². The van der Waals surface area contributed by atoms with Gasteiger partial charge in [0.2, 0.25) is 5.76 Å². The summed E-state index contributed by atoms with van der Waals surface area (Å²) in [5.74, 6) is -3.01. The van der Waals surface area contributed by atoms with E-state index in [9.17, 15) is 14.0 Å². The molecule has 2 aromatic rings. The van der Waals surface area contributed by atoms with Crippen molar-refractivity contribution in [2.75, 3.05) is 0 Å². The fourth-order valence-electron chi connectivity index (χ4n) is 1.78. The Morgan fingerprint density at radius 1 is 1.33 bits per heavy atom. The van der Waals surface area contributed by atoms with Crippen LogP contribution in [0.1, 0.15) is 39.7 Å². The Kier molecular flexibility index (Phi) is 3.93. The molecule has 1 aromatic heterocycles. The molecule has 110 valence electrons. The molecule has 1 amide bonds. The van der Waals surface area contributed by atoms with Crippen molar-refractivity contribution >= 4 is 11.9 Å². The number of furan rings is 1. The fourth-order valence-corrected chi connectivity index (χ4v) is 1.78. The number of amides is 1. The van der Waals surface area contributed by atoms with E-state index in [-0.39, 0.29) is 22.8 Å². The van der Waals surface area contributed by atoms with Crippen LogP contribution in [0.2, 0.25) is 0 Å². The first-order valence-corrected chi connectivity index (χ1v) is 5.98. The summed E-state index contributed by atoms with van der Waals surface area (Å²) in [5, 5.41) is 8.78. The summed E-state index contributed by atoms with van der Waals surface area (Å²) in [6.07, 6.45) is -0.724. The van der Waals surface area contributed by atoms with Gasteiger partial charge in [0.05, 0.1) is 0 Å². The van der Waals surface area contributed by atoms with Crippen molar-refractivity contribution in [3.05, 3.63) is 53.2 Å². The molecule has 2 rings (SSSR count). The monoisotopic (exact) mass is 293 g/mol. The molecule has 21 heavy (non-hydrogen) atoms. The molecule has 3 N–H and O–H groups in total. The number of hydrogen-bond donors (Lipinski definition) is 2. The topological polar surface area (TPSA) is 103 Å². The van der Waals surface area contributed by atoms with Crippen molar-refractivity contribution in [3.8, 4) is 5.75 Å². The Bertz CT molecular complexity index is 694. The molecule has 1 aromatic carbocycles. The number of carbonyl (C=O) groups is 2. The zero-order chi connectivity index (χ0) is 15.6. The van der Waals surface area contributed by atoms with Gasteiger partial charge in [-0.05, 0) is 31.2 Å². The van der Waals surface area contributed by atoms with Crippen LogP contribution >= 0.6 is 0 Å². The van der Waals surface area contributed by atoms with Crippen LogP contribution in [0.25, 0.3) is 0 Å². The molecule has 0 saturated heterocycles. The van der Waals surface area contributed by atoms with Gasteiger partial charge in [-0.2, -0.15) is 0 Å². The maximum atomic E-state index is 13.6. The van der Waals surface area contributed by atoms with Gasteiger partial charge in [-0.3, -0.25) is 4.79 Å². The number of benzene rings is 1. The Labute approximate surface area is 118 Å². The minimum absolute atomic E-state index is 0.0386. The van der Waals surface area contributed by atoms with Gasteiger partial charge in [0.15, 0.2) is 6.10 Å². The summed E-state index contributed by atoms with van der Waals surface area (Å²) in [6, 6.07) is 6.55. The van der Waals surface area contributed by atoms with Crippen molar-refractivity contribution in [2.24, 2.45) is 5.73 Å². The van der Waals surface area contributed by atoms with Gasteiger partial charge < -0.3 is 20.0 Å². The smallest absolute Gasteiger partial charge is 0.371 e. The predicted molar refractivity (Wildman–Crippen MR) is 69.6 cm³/mol. The first-order chi connectivity index (χ1) is 9.90. The SMILES string of the molecule is CC(Oc1cccc(F)c1C(N)=O)c1ccc(C(=O)O)o1. The molecule has 0 aliphatic carbocycles. The van der Waals surface area contributed by atoms with Gasteiger partial charge in [-0.1, -0.05) is 6.07 Å². The second kappa shape index (κ2) is 5.66. The van der Waals surface area contributed by atoms with E-state index in [1.165, 1.54) is 24.3 Å². The Balaban J connectivity index is 2.27. The quantitative estimate of drug-likeness (QED) is 0.880. The first-order valence-electron chi connectivity index (χ1n) is 5.98. The molecule has 1 atom stereocenters. The third-order valence-electron chi connectivity index (χ3n) is 2.76. The predicted octanol–water partition coefficient (Wildman–Crippen LogP) is 2.36. The molecule has 0 fully saturated rings. The van der Waals surface area contributed by atoms with Gasteiger partial charge in [0.25, 0.3) is 5.91 Å². The molecular weight excluding hydrogens is 281 g/mol. The minimum Gasteiger partial charge on any atom is -0.482 e. The zero-order valence-corrected chi connectivity index (χ0v) is 11.0.